The van der Waals surface area contributed by atoms with Crippen molar-refractivity contribution in [1.29, 1.82) is 0 Å². The van der Waals surface area contributed by atoms with Crippen LogP contribution in [0.3, 0.4) is 0 Å². The van der Waals surface area contributed by atoms with Gasteiger partial charge in [-0.15, -0.1) is 0 Å². The van der Waals surface area contributed by atoms with Crippen LogP contribution in [0, 0.1) is 17.2 Å². The number of allylic oxidation sites excluding steroid dienone is 2. The predicted molar refractivity (Wildman–Crippen MR) is 75.8 cm³/mol. The summed E-state index contributed by atoms with van der Waals surface area (Å²) in [6.07, 6.45) is 1.16. The van der Waals surface area contributed by atoms with Crippen LogP contribution in [-0.4, -0.2) is 0 Å². The first-order valence-electron chi connectivity index (χ1n) is 6.22. The van der Waals surface area contributed by atoms with Crippen molar-refractivity contribution in [3.05, 3.63) is 48.4 Å². The quantitative estimate of drug-likeness (QED) is 0.801. The van der Waals surface area contributed by atoms with Gasteiger partial charge in [-0.3, -0.25) is 0 Å². The van der Waals surface area contributed by atoms with Crippen LogP contribution < -0.4 is 5.32 Å². The van der Waals surface area contributed by atoms with Gasteiger partial charge in [0.15, 0.2) is 0 Å². The Morgan fingerprint density at radius 1 is 1.39 bits per heavy atom. The fraction of sp³-hybridized carbons (Fsp3) is 0.375. The molecule has 0 amide bonds. The normalized spacial score (nSPS) is 20.3. The molecule has 0 radical (unpaired) electrons. The molecule has 1 saturated carbocycles. The molecule has 1 nitrogen and oxygen atoms in total. The standard InChI is InChI=1S/C16H20FN/c1-10(2)13-8-12(6-7-15(13)17)18-11(3)14-9-16(14,4)5/h6-8,14,18H,1,3,9H2,2,4-5H3. The van der Waals surface area contributed by atoms with E-state index in [9.17, 15) is 4.39 Å². The van der Waals surface area contributed by atoms with Crippen molar-refractivity contribution in [2.75, 3.05) is 5.32 Å². The maximum absolute atomic E-state index is 13.5. The van der Waals surface area contributed by atoms with Crippen molar-refractivity contribution in [1.82, 2.24) is 0 Å². The zero-order valence-corrected chi connectivity index (χ0v) is 11.3. The zero-order valence-electron chi connectivity index (χ0n) is 11.3. The van der Waals surface area contributed by atoms with Gasteiger partial charge in [-0.1, -0.05) is 27.0 Å². The Morgan fingerprint density at radius 2 is 2.00 bits per heavy atom. The second-order valence-electron chi connectivity index (χ2n) is 5.87. The number of rotatable bonds is 4. The molecule has 1 N–H and O–H groups in total. The lowest BCUT2D eigenvalue weighted by Crippen LogP contribution is -2.04. The second kappa shape index (κ2) is 4.27. The Labute approximate surface area is 108 Å². The topological polar surface area (TPSA) is 12.0 Å². The van der Waals surface area contributed by atoms with Crippen LogP contribution in [-0.2, 0) is 0 Å². The van der Waals surface area contributed by atoms with E-state index in [0.717, 1.165) is 23.4 Å². The fourth-order valence-corrected chi connectivity index (χ4v) is 2.26. The zero-order chi connectivity index (χ0) is 13.5. The molecular formula is C16H20FN. The number of nitrogens with one attached hydrogen (secondary N) is 1. The summed E-state index contributed by atoms with van der Waals surface area (Å²) in [5, 5.41) is 3.28. The van der Waals surface area contributed by atoms with E-state index in [1.54, 1.807) is 19.1 Å². The molecule has 1 aliphatic carbocycles. The summed E-state index contributed by atoms with van der Waals surface area (Å²) in [7, 11) is 0. The maximum Gasteiger partial charge on any atom is 0.130 e. The molecule has 0 aromatic heterocycles. The minimum absolute atomic E-state index is 0.231. The molecular weight excluding hydrogens is 225 g/mol. The van der Waals surface area contributed by atoms with Gasteiger partial charge >= 0.3 is 0 Å². The molecule has 0 bridgehead atoms. The third-order valence-electron chi connectivity index (χ3n) is 3.67. The first-order chi connectivity index (χ1) is 8.31. The highest BCUT2D eigenvalue weighted by atomic mass is 19.1. The highest BCUT2D eigenvalue weighted by Crippen LogP contribution is 2.55. The summed E-state index contributed by atoms with van der Waals surface area (Å²) < 4.78 is 13.5. The Balaban J connectivity index is 2.13. The first kappa shape index (κ1) is 12.9. The van der Waals surface area contributed by atoms with Crippen molar-refractivity contribution >= 4 is 11.3 Å². The highest BCUT2D eigenvalue weighted by molar-refractivity contribution is 5.66. The molecule has 0 aliphatic heterocycles. The summed E-state index contributed by atoms with van der Waals surface area (Å²) in [6.45, 7) is 14.1. The monoisotopic (exact) mass is 245 g/mol. The maximum atomic E-state index is 13.5. The molecule has 2 heteroatoms. The van der Waals surface area contributed by atoms with E-state index in [1.807, 2.05) is 0 Å². The lowest BCUT2D eigenvalue weighted by atomic mass is 10.1. The highest BCUT2D eigenvalue weighted by Gasteiger charge is 2.47. The van der Waals surface area contributed by atoms with Gasteiger partial charge < -0.3 is 5.32 Å². The van der Waals surface area contributed by atoms with E-state index in [-0.39, 0.29) is 5.82 Å². The fourth-order valence-electron chi connectivity index (χ4n) is 2.26. The molecule has 1 unspecified atom stereocenters. The number of hydrogen-bond acceptors (Lipinski definition) is 1. The molecule has 1 aromatic carbocycles. The number of hydrogen-bond donors (Lipinski definition) is 1. The lowest BCUT2D eigenvalue weighted by Gasteiger charge is -2.13. The molecule has 0 saturated heterocycles. The van der Waals surface area contributed by atoms with Crippen LogP contribution in [0.1, 0.15) is 32.8 Å². The Bertz CT molecular complexity index is 514. The molecule has 1 atom stereocenters. The van der Waals surface area contributed by atoms with E-state index in [0.29, 0.717) is 16.9 Å². The molecule has 18 heavy (non-hydrogen) atoms. The van der Waals surface area contributed by atoms with Gasteiger partial charge in [-0.25, -0.2) is 4.39 Å². The number of halogens is 1. The lowest BCUT2D eigenvalue weighted by molar-refractivity contribution is 0.599. The molecule has 1 aromatic rings. The summed E-state index contributed by atoms with van der Waals surface area (Å²) in [6, 6.07) is 5.00. The Morgan fingerprint density at radius 3 is 2.50 bits per heavy atom. The van der Waals surface area contributed by atoms with Crippen molar-refractivity contribution in [2.45, 2.75) is 27.2 Å². The van der Waals surface area contributed by atoms with E-state index in [1.165, 1.54) is 6.07 Å². The molecule has 2 rings (SSSR count). The molecule has 1 aliphatic rings. The van der Waals surface area contributed by atoms with Crippen molar-refractivity contribution in [2.24, 2.45) is 11.3 Å². The van der Waals surface area contributed by atoms with Gasteiger partial charge in [0.25, 0.3) is 0 Å². The number of benzene rings is 1. The van der Waals surface area contributed by atoms with Crippen LogP contribution in [0.2, 0.25) is 0 Å². The summed E-state index contributed by atoms with van der Waals surface area (Å²) >= 11 is 0. The summed E-state index contributed by atoms with van der Waals surface area (Å²) in [5.41, 5.74) is 3.53. The van der Waals surface area contributed by atoms with Crippen LogP contribution in [0.4, 0.5) is 10.1 Å². The van der Waals surface area contributed by atoms with Gasteiger partial charge in [0.05, 0.1) is 0 Å². The Hall–Kier alpha value is -1.57. The number of anilines is 1. The SMILES string of the molecule is C=C(C)c1cc(NC(=C)C2CC2(C)C)ccc1F. The van der Waals surface area contributed by atoms with Gasteiger partial charge in [0, 0.05) is 22.9 Å². The molecule has 1 fully saturated rings. The molecule has 0 spiro atoms. The van der Waals surface area contributed by atoms with Gasteiger partial charge in [-0.05, 0) is 42.5 Å². The van der Waals surface area contributed by atoms with Crippen LogP contribution in [0.25, 0.3) is 5.57 Å². The van der Waals surface area contributed by atoms with E-state index < -0.39 is 0 Å². The van der Waals surface area contributed by atoms with Gasteiger partial charge in [0.2, 0.25) is 0 Å². The molecule has 0 heterocycles. The average Bonchev–Trinajstić information content (AvgIpc) is 2.90. The smallest absolute Gasteiger partial charge is 0.130 e. The van der Waals surface area contributed by atoms with Crippen molar-refractivity contribution in [3.8, 4) is 0 Å². The van der Waals surface area contributed by atoms with Crippen molar-refractivity contribution < 1.29 is 4.39 Å². The summed E-state index contributed by atoms with van der Waals surface area (Å²) in [4.78, 5) is 0. The van der Waals surface area contributed by atoms with Crippen LogP contribution in [0.5, 0.6) is 0 Å². The van der Waals surface area contributed by atoms with Crippen molar-refractivity contribution in [3.63, 3.8) is 0 Å². The van der Waals surface area contributed by atoms with Gasteiger partial charge in [-0.2, -0.15) is 0 Å². The van der Waals surface area contributed by atoms with E-state index in [2.05, 4.69) is 32.3 Å². The largest absolute Gasteiger partial charge is 0.359 e. The third kappa shape index (κ3) is 2.47. The first-order valence-corrected chi connectivity index (χ1v) is 6.22. The second-order valence-corrected chi connectivity index (χ2v) is 5.87. The minimum atomic E-state index is -0.231. The van der Waals surface area contributed by atoms with Crippen LogP contribution >= 0.6 is 0 Å². The molecule has 96 valence electrons. The van der Waals surface area contributed by atoms with E-state index in [4.69, 9.17) is 0 Å². The minimum Gasteiger partial charge on any atom is -0.359 e. The third-order valence-corrected chi connectivity index (χ3v) is 3.67. The van der Waals surface area contributed by atoms with Gasteiger partial charge in [0.1, 0.15) is 5.82 Å². The van der Waals surface area contributed by atoms with Crippen LogP contribution in [0.15, 0.2) is 37.1 Å². The van der Waals surface area contributed by atoms with E-state index >= 15 is 0 Å². The predicted octanol–water partition coefficient (Wildman–Crippen LogP) is 4.83. The Kier molecular flexibility index (Phi) is 3.05. The summed E-state index contributed by atoms with van der Waals surface area (Å²) in [5.74, 6) is 0.279. The average molecular weight is 245 g/mol.